The number of ether oxygens (including phenoxy) is 1. The molecule has 0 bridgehead atoms. The van der Waals surface area contributed by atoms with Crippen LogP contribution in [0.5, 0.6) is 0 Å². The van der Waals surface area contributed by atoms with Gasteiger partial charge in [-0.25, -0.2) is 14.6 Å². The van der Waals surface area contributed by atoms with Crippen LogP contribution in [0.1, 0.15) is 31.3 Å². The van der Waals surface area contributed by atoms with Crippen molar-refractivity contribution in [3.63, 3.8) is 0 Å². The van der Waals surface area contributed by atoms with Crippen molar-refractivity contribution >= 4 is 45.5 Å². The van der Waals surface area contributed by atoms with E-state index in [0.29, 0.717) is 59.1 Å². The molecule has 0 saturated heterocycles. The zero-order valence-corrected chi connectivity index (χ0v) is 20.7. The topological polar surface area (TPSA) is 124 Å². The highest BCUT2D eigenvalue weighted by Crippen LogP contribution is 2.26. The van der Waals surface area contributed by atoms with Gasteiger partial charge in [0.05, 0.1) is 30.1 Å². The highest BCUT2D eigenvalue weighted by molar-refractivity contribution is 7.99. The van der Waals surface area contributed by atoms with Crippen molar-refractivity contribution in [3.8, 4) is 0 Å². The maximum atomic E-state index is 12.6. The Kier molecular flexibility index (Phi) is 7.98. The summed E-state index contributed by atoms with van der Waals surface area (Å²) in [5.74, 6) is 0.206. The number of nitrogens with one attached hydrogen (secondary N) is 2. The second-order valence-corrected chi connectivity index (χ2v) is 9.52. The zero-order chi connectivity index (χ0) is 24.8. The first-order valence-electron chi connectivity index (χ1n) is 11.5. The Morgan fingerprint density at radius 1 is 1.20 bits per heavy atom. The van der Waals surface area contributed by atoms with Gasteiger partial charge in [-0.15, -0.1) is 0 Å². The average molecular weight is 497 g/mol. The van der Waals surface area contributed by atoms with Gasteiger partial charge in [-0.1, -0.05) is 37.7 Å². The van der Waals surface area contributed by atoms with Crippen LogP contribution < -0.4 is 16.1 Å². The fourth-order valence-electron chi connectivity index (χ4n) is 3.46. The molecule has 0 aliphatic heterocycles. The lowest BCUT2D eigenvalue weighted by molar-refractivity contribution is 0.0925. The van der Waals surface area contributed by atoms with Crippen LogP contribution in [0.15, 0.2) is 50.9 Å². The molecule has 11 heteroatoms. The molecule has 4 aromatic rings. The van der Waals surface area contributed by atoms with E-state index in [9.17, 15) is 9.59 Å². The van der Waals surface area contributed by atoms with Gasteiger partial charge in [0, 0.05) is 31.0 Å². The number of hydrogen-bond acceptors (Lipinski definition) is 9. The summed E-state index contributed by atoms with van der Waals surface area (Å²) in [4.78, 5) is 34.2. The quantitative estimate of drug-likeness (QED) is 0.183. The molecule has 2 N–H and O–H groups in total. The summed E-state index contributed by atoms with van der Waals surface area (Å²) in [5, 5.41) is 12.7. The molecule has 35 heavy (non-hydrogen) atoms. The third-order valence-electron chi connectivity index (χ3n) is 5.03. The predicted octanol–water partition coefficient (Wildman–Crippen LogP) is 3.31. The fraction of sp³-hybridized carbons (Fsp3) is 0.375. The van der Waals surface area contributed by atoms with Crippen LogP contribution in [0.25, 0.3) is 22.0 Å². The van der Waals surface area contributed by atoms with Crippen molar-refractivity contribution in [3.05, 3.63) is 52.5 Å². The molecule has 184 valence electrons. The van der Waals surface area contributed by atoms with E-state index in [4.69, 9.17) is 14.1 Å². The Labute approximate surface area is 206 Å². The zero-order valence-electron chi connectivity index (χ0n) is 19.9. The number of rotatable bonds is 11. The number of hydrogen-bond donors (Lipinski definition) is 2. The second-order valence-electron chi connectivity index (χ2n) is 7.98. The number of carbonyl (C=O) groups excluding carboxylic acids is 1. The summed E-state index contributed by atoms with van der Waals surface area (Å²) in [6.07, 6.45) is 1.71. The van der Waals surface area contributed by atoms with Gasteiger partial charge in [-0.2, -0.15) is 5.10 Å². The van der Waals surface area contributed by atoms with E-state index in [0.717, 1.165) is 5.39 Å². The SMILES string of the molecule is CCOCCNc1nc(SC(C)C)nc2c1cnn2CCNC(=O)c1cc(=O)c2ccccc2o1. The van der Waals surface area contributed by atoms with Crippen molar-refractivity contribution in [1.29, 1.82) is 0 Å². The van der Waals surface area contributed by atoms with Gasteiger partial charge in [-0.05, 0) is 19.1 Å². The summed E-state index contributed by atoms with van der Waals surface area (Å²) >= 11 is 1.57. The summed E-state index contributed by atoms with van der Waals surface area (Å²) < 4.78 is 12.7. The molecule has 1 amide bonds. The second kappa shape index (κ2) is 11.3. The largest absolute Gasteiger partial charge is 0.451 e. The van der Waals surface area contributed by atoms with Crippen LogP contribution in [0.2, 0.25) is 0 Å². The monoisotopic (exact) mass is 496 g/mol. The van der Waals surface area contributed by atoms with E-state index < -0.39 is 5.91 Å². The first-order valence-corrected chi connectivity index (χ1v) is 12.4. The molecule has 0 saturated carbocycles. The van der Waals surface area contributed by atoms with Gasteiger partial charge in [0.15, 0.2) is 22.0 Å². The molecular formula is C24H28N6O4S. The molecule has 10 nitrogen and oxygen atoms in total. The minimum Gasteiger partial charge on any atom is -0.451 e. The van der Waals surface area contributed by atoms with Crippen LogP contribution in [0.3, 0.4) is 0 Å². The lowest BCUT2D eigenvalue weighted by Gasteiger charge is -2.11. The first-order chi connectivity index (χ1) is 17.0. The van der Waals surface area contributed by atoms with Gasteiger partial charge < -0.3 is 19.8 Å². The molecule has 4 rings (SSSR count). The number of benzene rings is 1. The van der Waals surface area contributed by atoms with E-state index in [1.165, 1.54) is 6.07 Å². The predicted molar refractivity (Wildman–Crippen MR) is 136 cm³/mol. The number of aromatic nitrogens is 4. The third kappa shape index (κ3) is 5.98. The third-order valence-corrected chi connectivity index (χ3v) is 5.89. The number of thioether (sulfide) groups is 1. The molecule has 0 fully saturated rings. The van der Waals surface area contributed by atoms with E-state index >= 15 is 0 Å². The number of para-hydroxylation sites is 1. The molecule has 0 atom stereocenters. The van der Waals surface area contributed by atoms with Crippen LogP contribution in [0, 0.1) is 0 Å². The van der Waals surface area contributed by atoms with Gasteiger partial charge in [0.25, 0.3) is 5.91 Å². The van der Waals surface area contributed by atoms with Gasteiger partial charge in [-0.3, -0.25) is 9.59 Å². The summed E-state index contributed by atoms with van der Waals surface area (Å²) in [7, 11) is 0. The summed E-state index contributed by atoms with van der Waals surface area (Å²) in [6, 6.07) is 8.05. The van der Waals surface area contributed by atoms with Crippen molar-refractivity contribution in [1.82, 2.24) is 25.1 Å². The molecule has 0 aliphatic carbocycles. The standard InChI is InChI=1S/C24H28N6O4S/c1-4-33-12-10-25-21-17-14-27-30(22(17)29-24(28-21)35-15(2)3)11-9-26-23(32)20-13-18(31)16-7-5-6-8-19(16)34-20/h5-8,13-15H,4,9-12H2,1-3H3,(H,26,32)(H,25,28,29). The maximum absolute atomic E-state index is 12.6. The minimum atomic E-state index is -0.465. The summed E-state index contributed by atoms with van der Waals surface area (Å²) in [6.45, 7) is 8.61. The van der Waals surface area contributed by atoms with E-state index in [1.807, 2.05) is 6.92 Å². The Balaban J connectivity index is 1.48. The first kappa shape index (κ1) is 24.7. The number of anilines is 1. The summed E-state index contributed by atoms with van der Waals surface area (Å²) in [5.41, 5.74) is 0.791. The molecular weight excluding hydrogens is 468 g/mol. The smallest absolute Gasteiger partial charge is 0.287 e. The molecule has 0 radical (unpaired) electrons. The van der Waals surface area contributed by atoms with Crippen LogP contribution >= 0.6 is 11.8 Å². The lowest BCUT2D eigenvalue weighted by Crippen LogP contribution is -2.28. The molecule has 3 heterocycles. The average Bonchev–Trinajstić information content (AvgIpc) is 3.24. The van der Waals surface area contributed by atoms with E-state index in [2.05, 4.69) is 34.6 Å². The number of fused-ring (bicyclic) bond motifs is 2. The van der Waals surface area contributed by atoms with Crippen molar-refractivity contribution in [2.45, 2.75) is 37.7 Å². The van der Waals surface area contributed by atoms with Gasteiger partial charge in [0.1, 0.15) is 11.4 Å². The molecule has 0 spiro atoms. The molecule has 1 aromatic carbocycles. The van der Waals surface area contributed by atoms with Crippen LogP contribution in [-0.2, 0) is 11.3 Å². The Morgan fingerprint density at radius 3 is 2.83 bits per heavy atom. The molecule has 0 unspecified atom stereocenters. The van der Waals surface area contributed by atoms with E-state index in [-0.39, 0.29) is 17.7 Å². The van der Waals surface area contributed by atoms with Gasteiger partial charge in [0.2, 0.25) is 0 Å². The Hall–Kier alpha value is -3.44. The highest BCUT2D eigenvalue weighted by Gasteiger charge is 2.16. The number of nitrogens with zero attached hydrogens (tertiary/aromatic N) is 4. The lowest BCUT2D eigenvalue weighted by atomic mass is 10.2. The van der Waals surface area contributed by atoms with Crippen LogP contribution in [-0.4, -0.2) is 57.2 Å². The Morgan fingerprint density at radius 2 is 2.03 bits per heavy atom. The normalized spacial score (nSPS) is 11.4. The minimum absolute atomic E-state index is 0.0299. The highest BCUT2D eigenvalue weighted by atomic mass is 32.2. The number of amides is 1. The van der Waals surface area contributed by atoms with Crippen LogP contribution in [0.4, 0.5) is 5.82 Å². The van der Waals surface area contributed by atoms with Crippen molar-refractivity contribution in [2.24, 2.45) is 0 Å². The Bertz CT molecular complexity index is 1380. The maximum Gasteiger partial charge on any atom is 0.287 e. The number of carbonyl (C=O) groups is 1. The van der Waals surface area contributed by atoms with E-state index in [1.54, 1.807) is 46.9 Å². The molecule has 3 aromatic heterocycles. The van der Waals surface area contributed by atoms with Crippen molar-refractivity contribution in [2.75, 3.05) is 31.6 Å². The molecule has 0 aliphatic rings. The fourth-order valence-corrected chi connectivity index (χ4v) is 4.17. The van der Waals surface area contributed by atoms with Crippen molar-refractivity contribution < 1.29 is 13.9 Å². The van der Waals surface area contributed by atoms with Gasteiger partial charge >= 0.3 is 0 Å².